The Kier molecular flexibility index (Phi) is 6.79. The van der Waals surface area contributed by atoms with E-state index in [2.05, 4.69) is 31.3 Å². The number of piperazine rings is 1. The van der Waals surface area contributed by atoms with Gasteiger partial charge in [0.2, 0.25) is 11.8 Å². The van der Waals surface area contributed by atoms with E-state index in [1.807, 2.05) is 36.4 Å². The molecule has 2 aromatic rings. The molecule has 1 heterocycles. The van der Waals surface area contributed by atoms with Crippen LogP contribution in [0.15, 0.2) is 53.4 Å². The average Bonchev–Trinajstić information content (AvgIpc) is 3.22. The third-order valence-electron chi connectivity index (χ3n) is 7.12. The summed E-state index contributed by atoms with van der Waals surface area (Å²) in [7, 11) is -1.17. The van der Waals surface area contributed by atoms with E-state index in [1.54, 1.807) is 11.2 Å². The quantitative estimate of drug-likeness (QED) is 0.700. The van der Waals surface area contributed by atoms with Gasteiger partial charge in [0.05, 0.1) is 10.8 Å². The molecule has 0 bridgehead atoms. The third kappa shape index (κ3) is 4.25. The number of hydrogen-bond acceptors (Lipinski definition) is 3. The van der Waals surface area contributed by atoms with Crippen molar-refractivity contribution in [3.05, 3.63) is 65.2 Å². The first-order valence-electron chi connectivity index (χ1n) is 11.5. The van der Waals surface area contributed by atoms with E-state index in [1.165, 1.54) is 11.1 Å². The van der Waals surface area contributed by atoms with Gasteiger partial charge in [0.25, 0.3) is 0 Å². The molecule has 2 aliphatic rings. The Labute approximate surface area is 193 Å². The Balaban J connectivity index is 1.67. The molecular formula is C26H32N2O3S. The molecular weight excluding hydrogens is 420 g/mol. The number of fused-ring (bicyclic) bond motifs is 1. The molecule has 2 amide bonds. The first-order chi connectivity index (χ1) is 15.4. The molecule has 4 rings (SSSR count). The SMILES string of the molecule is CCC(CC)C1C(=O)NC(C2Cc3ccccc3C2)C(=O)N1Cc1ccccc1S(C)=O. The number of benzene rings is 2. The molecule has 170 valence electrons. The highest BCUT2D eigenvalue weighted by Gasteiger charge is 2.47. The molecule has 0 saturated carbocycles. The van der Waals surface area contributed by atoms with Crippen LogP contribution in [0.25, 0.3) is 0 Å². The van der Waals surface area contributed by atoms with Crippen molar-refractivity contribution in [3.8, 4) is 0 Å². The lowest BCUT2D eigenvalue weighted by Gasteiger charge is -2.44. The molecule has 0 spiro atoms. The zero-order chi connectivity index (χ0) is 22.8. The van der Waals surface area contributed by atoms with Crippen molar-refractivity contribution in [2.45, 2.75) is 63.1 Å². The van der Waals surface area contributed by atoms with E-state index in [0.717, 1.165) is 36.1 Å². The van der Waals surface area contributed by atoms with Gasteiger partial charge < -0.3 is 10.2 Å². The first kappa shape index (κ1) is 22.7. The van der Waals surface area contributed by atoms with E-state index >= 15 is 0 Å². The molecule has 3 atom stereocenters. The third-order valence-corrected chi connectivity index (χ3v) is 8.14. The minimum Gasteiger partial charge on any atom is -0.342 e. The van der Waals surface area contributed by atoms with Crippen LogP contribution in [0, 0.1) is 11.8 Å². The molecule has 1 N–H and O–H groups in total. The number of nitrogens with zero attached hydrogens (tertiary/aromatic N) is 1. The van der Waals surface area contributed by atoms with Crippen LogP contribution in [-0.4, -0.2) is 39.3 Å². The maximum absolute atomic E-state index is 13.9. The van der Waals surface area contributed by atoms with Gasteiger partial charge in [-0.3, -0.25) is 13.8 Å². The van der Waals surface area contributed by atoms with Gasteiger partial charge in [-0.2, -0.15) is 0 Å². The van der Waals surface area contributed by atoms with Crippen LogP contribution in [0.5, 0.6) is 0 Å². The standard InChI is InChI=1S/C26H32N2O3S/c1-4-17(5-2)24-25(29)27-23(21-14-18-10-6-7-11-19(18)15-21)26(30)28(24)16-20-12-8-9-13-22(20)32(3)31/h6-13,17,21,23-24H,4-5,14-16H2,1-3H3,(H,27,29). The summed E-state index contributed by atoms with van der Waals surface area (Å²) in [4.78, 5) is 29.8. The van der Waals surface area contributed by atoms with E-state index < -0.39 is 22.9 Å². The lowest BCUT2D eigenvalue weighted by Crippen LogP contribution is -2.66. The van der Waals surface area contributed by atoms with Gasteiger partial charge in [0.15, 0.2) is 0 Å². The van der Waals surface area contributed by atoms with Gasteiger partial charge in [0.1, 0.15) is 12.1 Å². The second-order valence-corrected chi connectivity index (χ2v) is 10.3. The van der Waals surface area contributed by atoms with Crippen molar-refractivity contribution in [1.82, 2.24) is 10.2 Å². The van der Waals surface area contributed by atoms with Crippen molar-refractivity contribution in [3.63, 3.8) is 0 Å². The van der Waals surface area contributed by atoms with Crippen LogP contribution in [0.2, 0.25) is 0 Å². The molecule has 0 aromatic heterocycles. The van der Waals surface area contributed by atoms with Crippen LogP contribution >= 0.6 is 0 Å². The largest absolute Gasteiger partial charge is 0.342 e. The van der Waals surface area contributed by atoms with Crippen LogP contribution in [0.3, 0.4) is 0 Å². The van der Waals surface area contributed by atoms with E-state index in [9.17, 15) is 13.8 Å². The fourth-order valence-corrected chi connectivity index (χ4v) is 6.16. The van der Waals surface area contributed by atoms with Gasteiger partial charge in [-0.15, -0.1) is 0 Å². The molecule has 5 nitrogen and oxygen atoms in total. The van der Waals surface area contributed by atoms with Gasteiger partial charge >= 0.3 is 0 Å². The predicted molar refractivity (Wildman–Crippen MR) is 126 cm³/mol. The van der Waals surface area contributed by atoms with Crippen molar-refractivity contribution in [2.24, 2.45) is 11.8 Å². The van der Waals surface area contributed by atoms with Crippen molar-refractivity contribution in [2.75, 3.05) is 6.26 Å². The summed E-state index contributed by atoms with van der Waals surface area (Å²) in [5.41, 5.74) is 3.38. The molecule has 3 unspecified atom stereocenters. The highest BCUT2D eigenvalue weighted by atomic mass is 32.2. The zero-order valence-corrected chi connectivity index (χ0v) is 19.9. The van der Waals surface area contributed by atoms with Crippen LogP contribution < -0.4 is 5.32 Å². The molecule has 1 aliphatic carbocycles. The molecule has 32 heavy (non-hydrogen) atoms. The van der Waals surface area contributed by atoms with Gasteiger partial charge in [0, 0.05) is 17.7 Å². The lowest BCUT2D eigenvalue weighted by molar-refractivity contribution is -0.154. The molecule has 1 aliphatic heterocycles. The Bertz CT molecular complexity index is 1010. The van der Waals surface area contributed by atoms with E-state index in [-0.39, 0.29) is 23.7 Å². The summed E-state index contributed by atoms with van der Waals surface area (Å²) in [5.74, 6) is 0.0647. The maximum atomic E-state index is 13.9. The lowest BCUT2D eigenvalue weighted by atomic mass is 9.86. The molecule has 0 radical (unpaired) electrons. The average molecular weight is 453 g/mol. The van der Waals surface area contributed by atoms with Crippen molar-refractivity contribution < 1.29 is 13.8 Å². The van der Waals surface area contributed by atoms with E-state index in [0.29, 0.717) is 6.54 Å². The van der Waals surface area contributed by atoms with Crippen LogP contribution in [0.4, 0.5) is 0 Å². The highest BCUT2D eigenvalue weighted by molar-refractivity contribution is 7.84. The number of hydrogen-bond donors (Lipinski definition) is 1. The smallest absolute Gasteiger partial charge is 0.246 e. The molecule has 6 heteroatoms. The summed E-state index contributed by atoms with van der Waals surface area (Å²) in [6.45, 7) is 4.44. The fourth-order valence-electron chi connectivity index (χ4n) is 5.38. The highest BCUT2D eigenvalue weighted by Crippen LogP contribution is 2.33. The summed E-state index contributed by atoms with van der Waals surface area (Å²) in [5, 5.41) is 3.11. The summed E-state index contributed by atoms with van der Waals surface area (Å²) in [6, 6.07) is 14.8. The maximum Gasteiger partial charge on any atom is 0.246 e. The number of carbonyl (C=O) groups excluding carboxylic acids is 2. The minimum absolute atomic E-state index is 0.0176. The topological polar surface area (TPSA) is 66.5 Å². The second-order valence-electron chi connectivity index (χ2n) is 8.97. The fraction of sp³-hybridized carbons (Fsp3) is 0.462. The first-order valence-corrected chi connectivity index (χ1v) is 13.1. The Morgan fingerprint density at radius 3 is 2.19 bits per heavy atom. The molecule has 2 aromatic carbocycles. The minimum atomic E-state index is -1.17. The molecule has 1 fully saturated rings. The molecule has 1 saturated heterocycles. The number of nitrogens with one attached hydrogen (secondary N) is 1. The Hall–Kier alpha value is -2.47. The normalized spacial score (nSPS) is 22.2. The summed E-state index contributed by atoms with van der Waals surface area (Å²) >= 11 is 0. The Morgan fingerprint density at radius 2 is 1.59 bits per heavy atom. The van der Waals surface area contributed by atoms with Crippen LogP contribution in [-0.2, 0) is 39.8 Å². The van der Waals surface area contributed by atoms with Gasteiger partial charge in [-0.05, 0) is 47.4 Å². The predicted octanol–water partition coefficient (Wildman–Crippen LogP) is 3.47. The van der Waals surface area contributed by atoms with Gasteiger partial charge in [-0.1, -0.05) is 69.2 Å². The van der Waals surface area contributed by atoms with Crippen LogP contribution in [0.1, 0.15) is 43.4 Å². The summed E-state index contributed by atoms with van der Waals surface area (Å²) in [6.07, 6.45) is 4.89. The zero-order valence-electron chi connectivity index (χ0n) is 19.0. The van der Waals surface area contributed by atoms with Crippen molar-refractivity contribution in [1.29, 1.82) is 0 Å². The monoisotopic (exact) mass is 452 g/mol. The number of amides is 2. The van der Waals surface area contributed by atoms with Gasteiger partial charge in [-0.25, -0.2) is 0 Å². The Morgan fingerprint density at radius 1 is 1.00 bits per heavy atom. The second kappa shape index (κ2) is 9.57. The summed E-state index contributed by atoms with van der Waals surface area (Å²) < 4.78 is 12.3. The number of carbonyl (C=O) groups is 2. The van der Waals surface area contributed by atoms with Crippen molar-refractivity contribution >= 4 is 22.6 Å². The number of rotatable bonds is 7. The van der Waals surface area contributed by atoms with E-state index in [4.69, 9.17) is 0 Å².